The Morgan fingerprint density at radius 1 is 1.26 bits per heavy atom. The summed E-state index contributed by atoms with van der Waals surface area (Å²) < 4.78 is 7.64. The topological polar surface area (TPSA) is 39.1 Å². The predicted molar refractivity (Wildman–Crippen MR) is 79.6 cm³/mol. The molecule has 19 heavy (non-hydrogen) atoms. The van der Waals surface area contributed by atoms with Gasteiger partial charge in [0.15, 0.2) is 0 Å². The van der Waals surface area contributed by atoms with Crippen LogP contribution in [0.4, 0.5) is 0 Å². The zero-order valence-electron chi connectivity index (χ0n) is 12.9. The molecule has 0 atom stereocenters. The Morgan fingerprint density at radius 3 is 2.68 bits per heavy atom. The summed E-state index contributed by atoms with van der Waals surface area (Å²) in [6, 6.07) is 2.22. The Kier molecular flexibility index (Phi) is 7.75. The van der Waals surface area contributed by atoms with Crippen LogP contribution >= 0.6 is 0 Å². The highest BCUT2D eigenvalue weighted by molar-refractivity contribution is 5.10. The number of ether oxygens (including phenoxy) is 1. The Morgan fingerprint density at radius 2 is 2.05 bits per heavy atom. The van der Waals surface area contributed by atoms with Crippen LogP contribution in [0.3, 0.4) is 0 Å². The molecular weight excluding hydrogens is 238 g/mol. The van der Waals surface area contributed by atoms with Gasteiger partial charge in [-0.15, -0.1) is 0 Å². The van der Waals surface area contributed by atoms with Crippen LogP contribution in [-0.4, -0.2) is 35.6 Å². The first-order valence-electron chi connectivity index (χ1n) is 7.55. The standard InChI is InChI=1S/C15H29N3O/c1-5-14-12-15(6-2)18(17-14)10-9-16-8-7-11-19-13(3)4/h12-13,16H,5-11H2,1-4H3. The molecule has 0 aliphatic carbocycles. The summed E-state index contributed by atoms with van der Waals surface area (Å²) in [4.78, 5) is 0. The van der Waals surface area contributed by atoms with Crippen molar-refractivity contribution in [2.75, 3.05) is 19.7 Å². The van der Waals surface area contributed by atoms with Crippen LogP contribution in [0.15, 0.2) is 6.07 Å². The third-order valence-electron chi connectivity index (χ3n) is 3.09. The van der Waals surface area contributed by atoms with E-state index in [4.69, 9.17) is 4.74 Å². The minimum Gasteiger partial charge on any atom is -0.379 e. The maximum atomic E-state index is 5.50. The van der Waals surface area contributed by atoms with E-state index in [-0.39, 0.29) is 0 Å². The highest BCUT2D eigenvalue weighted by atomic mass is 16.5. The third-order valence-corrected chi connectivity index (χ3v) is 3.09. The summed E-state index contributed by atoms with van der Waals surface area (Å²) in [6.07, 6.45) is 3.47. The zero-order chi connectivity index (χ0) is 14.1. The molecule has 0 spiro atoms. The molecule has 0 aliphatic rings. The van der Waals surface area contributed by atoms with Gasteiger partial charge in [-0.2, -0.15) is 5.10 Å². The fourth-order valence-electron chi connectivity index (χ4n) is 1.99. The molecule has 0 saturated carbocycles. The average Bonchev–Trinajstić information content (AvgIpc) is 2.79. The lowest BCUT2D eigenvalue weighted by Crippen LogP contribution is -2.23. The molecule has 1 aromatic rings. The van der Waals surface area contributed by atoms with Gasteiger partial charge in [-0.05, 0) is 45.7 Å². The number of rotatable bonds is 10. The van der Waals surface area contributed by atoms with Crippen molar-refractivity contribution in [2.24, 2.45) is 0 Å². The first-order valence-corrected chi connectivity index (χ1v) is 7.55. The van der Waals surface area contributed by atoms with E-state index < -0.39 is 0 Å². The normalized spacial score (nSPS) is 11.4. The van der Waals surface area contributed by atoms with Gasteiger partial charge in [0.05, 0.1) is 18.3 Å². The van der Waals surface area contributed by atoms with Crippen LogP contribution < -0.4 is 5.32 Å². The minimum atomic E-state index is 0.337. The minimum absolute atomic E-state index is 0.337. The lowest BCUT2D eigenvalue weighted by Gasteiger charge is -2.09. The van der Waals surface area contributed by atoms with Crippen LogP contribution in [0, 0.1) is 0 Å². The molecule has 4 heteroatoms. The summed E-state index contributed by atoms with van der Waals surface area (Å²) in [5.41, 5.74) is 2.53. The van der Waals surface area contributed by atoms with Crippen molar-refractivity contribution in [3.8, 4) is 0 Å². The van der Waals surface area contributed by atoms with Gasteiger partial charge in [0.1, 0.15) is 0 Å². The molecule has 4 nitrogen and oxygen atoms in total. The number of aryl methyl sites for hydroxylation is 2. The van der Waals surface area contributed by atoms with Crippen molar-refractivity contribution in [3.63, 3.8) is 0 Å². The van der Waals surface area contributed by atoms with Crippen LogP contribution in [0.25, 0.3) is 0 Å². The molecule has 1 heterocycles. The van der Waals surface area contributed by atoms with E-state index in [1.807, 2.05) is 0 Å². The van der Waals surface area contributed by atoms with Gasteiger partial charge >= 0.3 is 0 Å². The second kappa shape index (κ2) is 9.10. The van der Waals surface area contributed by atoms with E-state index in [2.05, 4.69) is 48.9 Å². The van der Waals surface area contributed by atoms with E-state index in [9.17, 15) is 0 Å². The predicted octanol–water partition coefficient (Wildman–Crippen LogP) is 2.41. The van der Waals surface area contributed by atoms with E-state index in [0.717, 1.165) is 45.5 Å². The molecule has 0 unspecified atom stereocenters. The van der Waals surface area contributed by atoms with Crippen LogP contribution in [-0.2, 0) is 24.1 Å². The Balaban J connectivity index is 2.16. The smallest absolute Gasteiger partial charge is 0.0624 e. The molecule has 0 aromatic carbocycles. The number of aromatic nitrogens is 2. The van der Waals surface area contributed by atoms with Crippen molar-refractivity contribution in [1.82, 2.24) is 15.1 Å². The monoisotopic (exact) mass is 267 g/mol. The molecule has 0 bridgehead atoms. The van der Waals surface area contributed by atoms with Crippen molar-refractivity contribution in [3.05, 3.63) is 17.5 Å². The fourth-order valence-corrected chi connectivity index (χ4v) is 1.99. The summed E-state index contributed by atoms with van der Waals surface area (Å²) in [5, 5.41) is 8.05. The van der Waals surface area contributed by atoms with Crippen LogP contribution in [0.5, 0.6) is 0 Å². The number of hydrogen-bond donors (Lipinski definition) is 1. The van der Waals surface area contributed by atoms with Crippen molar-refractivity contribution >= 4 is 0 Å². The quantitative estimate of drug-likeness (QED) is 0.662. The SMILES string of the molecule is CCc1cc(CC)n(CCNCCCOC(C)C)n1. The van der Waals surface area contributed by atoms with Gasteiger partial charge in [0, 0.05) is 18.8 Å². The summed E-state index contributed by atoms with van der Waals surface area (Å²) in [7, 11) is 0. The lowest BCUT2D eigenvalue weighted by molar-refractivity contribution is 0.0771. The van der Waals surface area contributed by atoms with Crippen LogP contribution in [0.1, 0.15) is 45.5 Å². The Labute approximate surface area is 117 Å². The Bertz CT molecular complexity index is 347. The molecule has 0 saturated heterocycles. The molecule has 0 radical (unpaired) electrons. The van der Waals surface area contributed by atoms with Gasteiger partial charge < -0.3 is 10.1 Å². The summed E-state index contributed by atoms with van der Waals surface area (Å²) >= 11 is 0. The van der Waals surface area contributed by atoms with Gasteiger partial charge in [-0.1, -0.05) is 13.8 Å². The first kappa shape index (κ1) is 16.2. The van der Waals surface area contributed by atoms with Gasteiger partial charge in [-0.3, -0.25) is 4.68 Å². The average molecular weight is 267 g/mol. The molecule has 1 N–H and O–H groups in total. The molecule has 1 rings (SSSR count). The van der Waals surface area contributed by atoms with Gasteiger partial charge in [0.25, 0.3) is 0 Å². The molecule has 110 valence electrons. The molecule has 0 aliphatic heterocycles. The molecule has 1 aromatic heterocycles. The fraction of sp³-hybridized carbons (Fsp3) is 0.800. The highest BCUT2D eigenvalue weighted by Gasteiger charge is 2.04. The van der Waals surface area contributed by atoms with Crippen molar-refractivity contribution < 1.29 is 4.74 Å². The molecule has 0 fully saturated rings. The maximum Gasteiger partial charge on any atom is 0.0624 e. The van der Waals surface area contributed by atoms with Gasteiger partial charge in [-0.25, -0.2) is 0 Å². The number of nitrogens with zero attached hydrogens (tertiary/aromatic N) is 2. The molecule has 0 amide bonds. The summed E-state index contributed by atoms with van der Waals surface area (Å²) in [6.45, 7) is 12.3. The van der Waals surface area contributed by atoms with E-state index in [1.165, 1.54) is 11.4 Å². The van der Waals surface area contributed by atoms with E-state index in [0.29, 0.717) is 6.10 Å². The lowest BCUT2D eigenvalue weighted by atomic mass is 10.2. The van der Waals surface area contributed by atoms with Crippen molar-refractivity contribution in [1.29, 1.82) is 0 Å². The zero-order valence-corrected chi connectivity index (χ0v) is 12.9. The highest BCUT2D eigenvalue weighted by Crippen LogP contribution is 2.05. The largest absolute Gasteiger partial charge is 0.379 e. The summed E-state index contributed by atoms with van der Waals surface area (Å²) in [5.74, 6) is 0. The molecular formula is C15H29N3O. The first-order chi connectivity index (χ1) is 9.17. The number of hydrogen-bond acceptors (Lipinski definition) is 3. The Hall–Kier alpha value is -0.870. The van der Waals surface area contributed by atoms with Crippen LogP contribution in [0.2, 0.25) is 0 Å². The van der Waals surface area contributed by atoms with Gasteiger partial charge in [0.2, 0.25) is 0 Å². The van der Waals surface area contributed by atoms with Crippen molar-refractivity contribution in [2.45, 2.75) is 59.6 Å². The number of nitrogens with one attached hydrogen (secondary N) is 1. The second-order valence-electron chi connectivity index (χ2n) is 5.08. The maximum absolute atomic E-state index is 5.50. The van der Waals surface area contributed by atoms with E-state index in [1.54, 1.807) is 0 Å². The van der Waals surface area contributed by atoms with E-state index >= 15 is 0 Å². The third kappa shape index (κ3) is 6.21. The second-order valence-corrected chi connectivity index (χ2v) is 5.08.